The van der Waals surface area contributed by atoms with Gasteiger partial charge in [0.15, 0.2) is 0 Å². The van der Waals surface area contributed by atoms with Gasteiger partial charge in [-0.25, -0.2) is 4.79 Å². The average Bonchev–Trinajstić information content (AvgIpc) is 2.33. The normalized spacial score (nSPS) is 17.6. The van der Waals surface area contributed by atoms with Crippen molar-refractivity contribution in [2.24, 2.45) is 12.0 Å². The Morgan fingerprint density at radius 1 is 1.38 bits per heavy atom. The first-order valence-electron chi connectivity index (χ1n) is 5.30. The largest absolute Gasteiger partial charge is 0.378 e. The molecule has 0 aromatic carbocycles. The molecule has 5 heteroatoms. The number of nitrogens with zero attached hydrogens (tertiary/aromatic N) is 3. The van der Waals surface area contributed by atoms with Crippen LogP contribution in [0.15, 0.2) is 29.4 Å². The molecule has 86 valence electrons. The SMILES string of the molecule is Cn1ccccc1=NC(=O)N1CCOCC1. The van der Waals surface area contributed by atoms with Crippen LogP contribution in [0, 0.1) is 0 Å². The van der Waals surface area contributed by atoms with Crippen molar-refractivity contribution in [3.05, 3.63) is 29.9 Å². The molecule has 2 rings (SSSR count). The van der Waals surface area contributed by atoms with Gasteiger partial charge in [-0.1, -0.05) is 6.07 Å². The van der Waals surface area contributed by atoms with E-state index in [1.165, 1.54) is 0 Å². The molecule has 0 spiro atoms. The van der Waals surface area contributed by atoms with E-state index in [1.54, 1.807) is 4.90 Å². The smallest absolute Gasteiger partial charge is 0.345 e. The van der Waals surface area contributed by atoms with Gasteiger partial charge in [0.1, 0.15) is 5.49 Å². The van der Waals surface area contributed by atoms with Crippen molar-refractivity contribution in [2.45, 2.75) is 0 Å². The fourth-order valence-corrected chi connectivity index (χ4v) is 1.55. The van der Waals surface area contributed by atoms with Crippen molar-refractivity contribution >= 4 is 6.03 Å². The summed E-state index contributed by atoms with van der Waals surface area (Å²) in [6.45, 7) is 2.45. The summed E-state index contributed by atoms with van der Waals surface area (Å²) < 4.78 is 7.00. The molecule has 0 radical (unpaired) electrons. The Balaban J connectivity index is 2.17. The Hall–Kier alpha value is -1.62. The number of rotatable bonds is 0. The second-order valence-electron chi connectivity index (χ2n) is 3.66. The molecule has 0 saturated carbocycles. The standard InChI is InChI=1S/C11H15N3O2/c1-13-5-3-2-4-10(13)12-11(15)14-6-8-16-9-7-14/h2-5H,6-9H2,1H3. The van der Waals surface area contributed by atoms with Crippen molar-refractivity contribution < 1.29 is 9.53 Å². The third-order valence-electron chi connectivity index (χ3n) is 2.52. The molecule has 0 bridgehead atoms. The van der Waals surface area contributed by atoms with Gasteiger partial charge in [-0.15, -0.1) is 0 Å². The molecule has 1 aromatic heterocycles. The molecule has 0 aliphatic carbocycles. The number of ether oxygens (including phenoxy) is 1. The minimum atomic E-state index is -0.190. The van der Waals surface area contributed by atoms with Gasteiger partial charge in [0.25, 0.3) is 0 Å². The average molecular weight is 221 g/mol. The number of pyridine rings is 1. The fourth-order valence-electron chi connectivity index (χ4n) is 1.55. The number of carbonyl (C=O) groups is 1. The molecule has 1 aliphatic rings. The molecule has 0 atom stereocenters. The van der Waals surface area contributed by atoms with Crippen molar-refractivity contribution in [1.82, 2.24) is 9.47 Å². The van der Waals surface area contributed by atoms with Crippen LogP contribution in [0.25, 0.3) is 0 Å². The molecule has 2 heterocycles. The molecule has 0 N–H and O–H groups in total. The Kier molecular flexibility index (Phi) is 3.36. The van der Waals surface area contributed by atoms with Crippen LogP contribution >= 0.6 is 0 Å². The zero-order valence-corrected chi connectivity index (χ0v) is 9.30. The zero-order valence-electron chi connectivity index (χ0n) is 9.30. The van der Waals surface area contributed by atoms with Crippen LogP contribution in [0.4, 0.5) is 4.79 Å². The molecule has 0 unspecified atom stereocenters. The quantitative estimate of drug-likeness (QED) is 0.635. The molecular weight excluding hydrogens is 206 g/mol. The van der Waals surface area contributed by atoms with Crippen molar-refractivity contribution in [1.29, 1.82) is 0 Å². The molecule has 1 aliphatic heterocycles. The lowest BCUT2D eigenvalue weighted by Crippen LogP contribution is -2.40. The number of amides is 2. The van der Waals surface area contributed by atoms with Gasteiger partial charge < -0.3 is 14.2 Å². The molecular formula is C11H15N3O2. The third-order valence-corrected chi connectivity index (χ3v) is 2.52. The van der Waals surface area contributed by atoms with Crippen molar-refractivity contribution in [3.8, 4) is 0 Å². The van der Waals surface area contributed by atoms with E-state index in [4.69, 9.17) is 4.74 Å². The summed E-state index contributed by atoms with van der Waals surface area (Å²) in [4.78, 5) is 17.6. The Bertz CT molecular complexity index is 433. The van der Waals surface area contributed by atoms with E-state index >= 15 is 0 Å². The zero-order chi connectivity index (χ0) is 11.4. The highest BCUT2D eigenvalue weighted by Crippen LogP contribution is 1.98. The summed E-state index contributed by atoms with van der Waals surface area (Å²) in [5.74, 6) is 0. The van der Waals surface area contributed by atoms with Crippen LogP contribution in [0.5, 0.6) is 0 Å². The van der Waals surface area contributed by atoms with Gasteiger partial charge in [0, 0.05) is 26.3 Å². The van der Waals surface area contributed by atoms with E-state index in [2.05, 4.69) is 4.99 Å². The van der Waals surface area contributed by atoms with E-state index in [0.717, 1.165) is 0 Å². The number of morpholine rings is 1. The minimum Gasteiger partial charge on any atom is -0.378 e. The van der Waals surface area contributed by atoms with Crippen LogP contribution in [-0.2, 0) is 11.8 Å². The number of hydrogen-bond donors (Lipinski definition) is 0. The summed E-state index contributed by atoms with van der Waals surface area (Å²) in [6.07, 6.45) is 1.87. The molecule has 1 saturated heterocycles. The monoisotopic (exact) mass is 221 g/mol. The first-order valence-corrected chi connectivity index (χ1v) is 5.30. The van der Waals surface area contributed by atoms with E-state index in [-0.39, 0.29) is 6.03 Å². The number of hydrogen-bond acceptors (Lipinski definition) is 2. The van der Waals surface area contributed by atoms with E-state index in [0.29, 0.717) is 31.8 Å². The van der Waals surface area contributed by atoms with Crippen LogP contribution < -0.4 is 5.49 Å². The lowest BCUT2D eigenvalue weighted by atomic mass is 10.4. The van der Waals surface area contributed by atoms with Crippen molar-refractivity contribution in [3.63, 3.8) is 0 Å². The summed E-state index contributed by atoms with van der Waals surface area (Å²) in [5.41, 5.74) is 0.666. The number of aromatic nitrogens is 1. The molecule has 2 amide bonds. The lowest BCUT2D eigenvalue weighted by molar-refractivity contribution is 0.0553. The fraction of sp³-hybridized carbons (Fsp3) is 0.455. The van der Waals surface area contributed by atoms with Gasteiger partial charge in [-0.2, -0.15) is 4.99 Å². The van der Waals surface area contributed by atoms with E-state index < -0.39 is 0 Å². The molecule has 1 aromatic rings. The van der Waals surface area contributed by atoms with Crippen LogP contribution in [0.1, 0.15) is 0 Å². The molecule has 16 heavy (non-hydrogen) atoms. The maximum Gasteiger partial charge on any atom is 0.345 e. The predicted octanol–water partition coefficient (Wildman–Crippen LogP) is 0.378. The van der Waals surface area contributed by atoms with Gasteiger partial charge in [-0.05, 0) is 12.1 Å². The van der Waals surface area contributed by atoms with E-state index in [1.807, 2.05) is 36.0 Å². The molecule has 1 fully saturated rings. The number of urea groups is 1. The summed E-state index contributed by atoms with van der Waals surface area (Å²) in [5, 5.41) is 0. The Morgan fingerprint density at radius 3 is 2.81 bits per heavy atom. The first kappa shape index (κ1) is 10.9. The highest BCUT2D eigenvalue weighted by molar-refractivity contribution is 5.75. The highest BCUT2D eigenvalue weighted by Gasteiger charge is 2.15. The van der Waals surface area contributed by atoms with Gasteiger partial charge in [0.2, 0.25) is 0 Å². The van der Waals surface area contributed by atoms with Crippen LogP contribution in [0.2, 0.25) is 0 Å². The van der Waals surface area contributed by atoms with Crippen LogP contribution in [0.3, 0.4) is 0 Å². The van der Waals surface area contributed by atoms with Gasteiger partial charge >= 0.3 is 6.03 Å². The predicted molar refractivity (Wildman–Crippen MR) is 58.8 cm³/mol. The lowest BCUT2D eigenvalue weighted by Gasteiger charge is -2.24. The summed E-state index contributed by atoms with van der Waals surface area (Å²) in [7, 11) is 1.87. The maximum absolute atomic E-state index is 11.8. The Labute approximate surface area is 94.0 Å². The van der Waals surface area contributed by atoms with Crippen LogP contribution in [-0.4, -0.2) is 41.8 Å². The molecule has 5 nitrogen and oxygen atoms in total. The second-order valence-corrected chi connectivity index (χ2v) is 3.66. The highest BCUT2D eigenvalue weighted by atomic mass is 16.5. The van der Waals surface area contributed by atoms with Gasteiger partial charge in [-0.3, -0.25) is 0 Å². The van der Waals surface area contributed by atoms with Crippen molar-refractivity contribution in [2.75, 3.05) is 26.3 Å². The number of carbonyl (C=O) groups excluding carboxylic acids is 1. The summed E-state index contributed by atoms with van der Waals surface area (Å²) in [6, 6.07) is 5.40. The van der Waals surface area contributed by atoms with E-state index in [9.17, 15) is 4.79 Å². The third kappa shape index (κ3) is 2.49. The van der Waals surface area contributed by atoms with Gasteiger partial charge in [0.05, 0.1) is 13.2 Å². The first-order chi connectivity index (χ1) is 7.77. The summed E-state index contributed by atoms with van der Waals surface area (Å²) >= 11 is 0. The Morgan fingerprint density at radius 2 is 2.12 bits per heavy atom. The second kappa shape index (κ2) is 4.94. The topological polar surface area (TPSA) is 46.8 Å². The number of aryl methyl sites for hydroxylation is 1. The maximum atomic E-state index is 11.8. The minimum absolute atomic E-state index is 0.190.